The number of rotatable bonds is 13. The van der Waals surface area contributed by atoms with E-state index in [-0.39, 0.29) is 11.8 Å². The molecule has 0 radical (unpaired) electrons. The molecule has 0 aromatic heterocycles. The van der Waals surface area contributed by atoms with E-state index in [2.05, 4.69) is 10.6 Å². The predicted molar refractivity (Wildman–Crippen MR) is 135 cm³/mol. The van der Waals surface area contributed by atoms with Gasteiger partial charge in [0.1, 0.15) is 12.4 Å². The molecule has 0 saturated heterocycles. The van der Waals surface area contributed by atoms with Crippen molar-refractivity contribution in [3.05, 3.63) is 89.5 Å². The van der Waals surface area contributed by atoms with Gasteiger partial charge in [0.15, 0.2) is 11.5 Å². The molecule has 0 unspecified atom stereocenters. The quantitative estimate of drug-likeness (QED) is 0.355. The molecule has 0 aliphatic heterocycles. The lowest BCUT2D eigenvalue weighted by Crippen LogP contribution is -2.27. The van der Waals surface area contributed by atoms with Crippen molar-refractivity contribution in [2.75, 3.05) is 20.3 Å². The predicted octanol–water partition coefficient (Wildman–Crippen LogP) is 4.50. The van der Waals surface area contributed by atoms with Gasteiger partial charge in [-0.1, -0.05) is 48.5 Å². The minimum atomic E-state index is -0.212. The maximum Gasteiger partial charge on any atom is 0.255 e. The fourth-order valence-corrected chi connectivity index (χ4v) is 3.45. The third-order valence-electron chi connectivity index (χ3n) is 5.25. The number of carbonyl (C=O) groups is 2. The number of nitrogens with one attached hydrogen (secondary N) is 2. The Morgan fingerprint density at radius 1 is 0.800 bits per heavy atom. The molecule has 0 aliphatic rings. The number of amides is 2. The van der Waals surface area contributed by atoms with Crippen molar-refractivity contribution in [3.8, 4) is 17.2 Å². The molecule has 2 N–H and O–H groups in total. The summed E-state index contributed by atoms with van der Waals surface area (Å²) < 4.78 is 16.8. The van der Waals surface area contributed by atoms with Crippen LogP contribution in [0, 0.1) is 0 Å². The summed E-state index contributed by atoms with van der Waals surface area (Å²) in [5, 5.41) is 5.75. The van der Waals surface area contributed by atoms with Crippen LogP contribution in [0.3, 0.4) is 0 Å². The van der Waals surface area contributed by atoms with Crippen LogP contribution in [0.1, 0.15) is 41.3 Å². The number of hydrogen-bond acceptors (Lipinski definition) is 5. The number of ether oxygens (including phenoxy) is 3. The topological polar surface area (TPSA) is 85.9 Å². The SMILES string of the molecule is CCOc1ccccc1C(=O)NCCCC(=O)NCc1ccc(OCc2ccccc2)c(OC)c1. The van der Waals surface area contributed by atoms with Crippen LogP contribution in [0.15, 0.2) is 72.8 Å². The second-order valence-corrected chi connectivity index (χ2v) is 7.82. The lowest BCUT2D eigenvalue weighted by molar-refractivity contribution is -0.121. The minimum Gasteiger partial charge on any atom is -0.493 e. The summed E-state index contributed by atoms with van der Waals surface area (Å²) in [6.07, 6.45) is 0.840. The van der Waals surface area contributed by atoms with Gasteiger partial charge >= 0.3 is 0 Å². The molecule has 35 heavy (non-hydrogen) atoms. The molecule has 0 bridgehead atoms. The molecule has 184 valence electrons. The van der Waals surface area contributed by atoms with Crippen LogP contribution >= 0.6 is 0 Å². The fraction of sp³-hybridized carbons (Fsp3) is 0.286. The Balaban J connectivity index is 1.40. The van der Waals surface area contributed by atoms with Gasteiger partial charge in [0, 0.05) is 19.5 Å². The Labute approximate surface area is 206 Å². The van der Waals surface area contributed by atoms with Crippen LogP contribution in [-0.4, -0.2) is 32.1 Å². The number of hydrogen-bond donors (Lipinski definition) is 2. The van der Waals surface area contributed by atoms with Crippen molar-refractivity contribution in [1.29, 1.82) is 0 Å². The summed E-state index contributed by atoms with van der Waals surface area (Å²) in [5.41, 5.74) is 2.47. The molecule has 3 rings (SSSR count). The van der Waals surface area contributed by atoms with Crippen LogP contribution in [0.5, 0.6) is 17.2 Å². The Hall–Kier alpha value is -4.00. The molecule has 0 atom stereocenters. The average Bonchev–Trinajstić information content (AvgIpc) is 2.90. The molecule has 0 heterocycles. The van der Waals surface area contributed by atoms with E-state index in [0.717, 1.165) is 11.1 Å². The molecular weight excluding hydrogens is 444 g/mol. The average molecular weight is 477 g/mol. The van der Waals surface area contributed by atoms with Gasteiger partial charge in [0.25, 0.3) is 5.91 Å². The molecule has 0 saturated carbocycles. The summed E-state index contributed by atoms with van der Waals surface area (Å²) in [6.45, 7) is 3.58. The van der Waals surface area contributed by atoms with Gasteiger partial charge in [0.2, 0.25) is 5.91 Å². The number of para-hydroxylation sites is 1. The first kappa shape index (κ1) is 25.6. The van der Waals surface area contributed by atoms with E-state index in [9.17, 15) is 9.59 Å². The van der Waals surface area contributed by atoms with Gasteiger partial charge in [0.05, 0.1) is 19.3 Å². The monoisotopic (exact) mass is 476 g/mol. The first-order valence-electron chi connectivity index (χ1n) is 11.7. The van der Waals surface area contributed by atoms with Gasteiger partial charge in [-0.05, 0) is 48.7 Å². The summed E-state index contributed by atoms with van der Waals surface area (Å²) >= 11 is 0. The molecule has 0 spiro atoms. The molecule has 7 nitrogen and oxygen atoms in total. The Bertz CT molecular complexity index is 1100. The second kappa shape index (κ2) is 13.6. The van der Waals surface area contributed by atoms with Crippen molar-refractivity contribution in [1.82, 2.24) is 10.6 Å². The van der Waals surface area contributed by atoms with Crippen molar-refractivity contribution in [3.63, 3.8) is 0 Å². The van der Waals surface area contributed by atoms with E-state index in [1.54, 1.807) is 25.3 Å². The van der Waals surface area contributed by atoms with E-state index < -0.39 is 0 Å². The standard InChI is InChI=1S/C28H32N2O5/c1-3-34-24-13-8-7-12-23(24)28(32)29-17-9-14-27(31)30-19-22-15-16-25(26(18-22)33-2)35-20-21-10-5-4-6-11-21/h4-8,10-13,15-16,18H,3,9,14,17,19-20H2,1-2H3,(H,29,32)(H,30,31). The van der Waals surface area contributed by atoms with Gasteiger partial charge in [-0.25, -0.2) is 0 Å². The van der Waals surface area contributed by atoms with Gasteiger partial charge < -0.3 is 24.8 Å². The van der Waals surface area contributed by atoms with Crippen LogP contribution in [0.25, 0.3) is 0 Å². The highest BCUT2D eigenvalue weighted by Gasteiger charge is 2.12. The molecular formula is C28H32N2O5. The van der Waals surface area contributed by atoms with Crippen molar-refractivity contribution < 1.29 is 23.8 Å². The van der Waals surface area contributed by atoms with E-state index in [4.69, 9.17) is 14.2 Å². The first-order valence-corrected chi connectivity index (χ1v) is 11.7. The van der Waals surface area contributed by atoms with Gasteiger partial charge in [-0.2, -0.15) is 0 Å². The zero-order chi connectivity index (χ0) is 24.9. The zero-order valence-corrected chi connectivity index (χ0v) is 20.2. The van der Waals surface area contributed by atoms with Crippen molar-refractivity contribution >= 4 is 11.8 Å². The molecule has 3 aromatic rings. The maximum atomic E-state index is 12.4. The number of methoxy groups -OCH3 is 1. The van der Waals surface area contributed by atoms with Gasteiger partial charge in [-0.15, -0.1) is 0 Å². The molecule has 7 heteroatoms. The van der Waals surface area contributed by atoms with E-state index in [0.29, 0.717) is 62.0 Å². The molecule has 0 aliphatic carbocycles. The summed E-state index contributed by atoms with van der Waals surface area (Å²) in [6, 6.07) is 22.6. The summed E-state index contributed by atoms with van der Waals surface area (Å²) in [4.78, 5) is 24.6. The highest BCUT2D eigenvalue weighted by Crippen LogP contribution is 2.29. The molecule has 2 amide bonds. The zero-order valence-electron chi connectivity index (χ0n) is 20.2. The third-order valence-corrected chi connectivity index (χ3v) is 5.25. The van der Waals surface area contributed by atoms with E-state index in [1.807, 2.05) is 61.5 Å². The highest BCUT2D eigenvalue weighted by molar-refractivity contribution is 5.96. The summed E-state index contributed by atoms with van der Waals surface area (Å²) in [7, 11) is 1.59. The third kappa shape index (κ3) is 8.07. The first-order chi connectivity index (χ1) is 17.1. The van der Waals surface area contributed by atoms with Crippen LogP contribution in [0.2, 0.25) is 0 Å². The van der Waals surface area contributed by atoms with Crippen molar-refractivity contribution in [2.24, 2.45) is 0 Å². The smallest absolute Gasteiger partial charge is 0.255 e. The number of carbonyl (C=O) groups excluding carboxylic acids is 2. The van der Waals surface area contributed by atoms with Crippen molar-refractivity contribution in [2.45, 2.75) is 32.9 Å². The lowest BCUT2D eigenvalue weighted by atomic mass is 10.1. The Morgan fingerprint density at radius 2 is 1.57 bits per heavy atom. The summed E-state index contributed by atoms with van der Waals surface area (Å²) in [5.74, 6) is 1.52. The Morgan fingerprint density at radius 3 is 2.34 bits per heavy atom. The maximum absolute atomic E-state index is 12.4. The largest absolute Gasteiger partial charge is 0.493 e. The van der Waals surface area contributed by atoms with E-state index in [1.165, 1.54) is 0 Å². The van der Waals surface area contributed by atoms with Crippen LogP contribution in [-0.2, 0) is 17.9 Å². The second-order valence-electron chi connectivity index (χ2n) is 7.82. The minimum absolute atomic E-state index is 0.0858. The lowest BCUT2D eigenvalue weighted by Gasteiger charge is -2.13. The highest BCUT2D eigenvalue weighted by atomic mass is 16.5. The van der Waals surface area contributed by atoms with E-state index >= 15 is 0 Å². The Kier molecular flexibility index (Phi) is 9.99. The normalized spacial score (nSPS) is 10.3. The molecule has 3 aromatic carbocycles. The van der Waals surface area contributed by atoms with Crippen LogP contribution in [0.4, 0.5) is 0 Å². The van der Waals surface area contributed by atoms with Gasteiger partial charge in [-0.3, -0.25) is 9.59 Å². The molecule has 0 fully saturated rings. The van der Waals surface area contributed by atoms with Crippen LogP contribution < -0.4 is 24.8 Å². The number of benzene rings is 3. The fourth-order valence-electron chi connectivity index (χ4n) is 3.45.